The van der Waals surface area contributed by atoms with E-state index in [2.05, 4.69) is 9.97 Å². The number of carbonyl (C=O) groups is 3. The van der Waals surface area contributed by atoms with Gasteiger partial charge in [0.25, 0.3) is 0 Å². The van der Waals surface area contributed by atoms with Crippen LogP contribution in [0.5, 0.6) is 0 Å². The molecule has 2 heterocycles. The Labute approximate surface area is 164 Å². The molecule has 0 radical (unpaired) electrons. The van der Waals surface area contributed by atoms with Gasteiger partial charge in [-0.05, 0) is 36.1 Å². The van der Waals surface area contributed by atoms with Gasteiger partial charge in [-0.1, -0.05) is 27.7 Å². The standard InChI is InChI=1S/C21H24N2O5/c1-13(2)19(17(24)15-7-5-9-22-11-15)27-21(26)28-20(14(3)4)18(25)16-8-6-10-23-12-16/h5-14,19-20H,1-4H3. The number of ketones is 2. The van der Waals surface area contributed by atoms with E-state index in [0.29, 0.717) is 11.1 Å². The van der Waals surface area contributed by atoms with Gasteiger partial charge in [0.1, 0.15) is 0 Å². The molecule has 0 aromatic carbocycles. The monoisotopic (exact) mass is 384 g/mol. The van der Waals surface area contributed by atoms with Crippen molar-refractivity contribution in [1.82, 2.24) is 9.97 Å². The van der Waals surface area contributed by atoms with Crippen LogP contribution in [0.2, 0.25) is 0 Å². The predicted octanol–water partition coefficient (Wildman–Crippen LogP) is 3.74. The smallest absolute Gasteiger partial charge is 0.422 e. The van der Waals surface area contributed by atoms with Crippen LogP contribution in [0.15, 0.2) is 49.1 Å². The number of nitrogens with zero attached hydrogens (tertiary/aromatic N) is 2. The van der Waals surface area contributed by atoms with Crippen molar-refractivity contribution in [1.29, 1.82) is 0 Å². The van der Waals surface area contributed by atoms with E-state index < -0.39 is 18.4 Å². The van der Waals surface area contributed by atoms with Gasteiger partial charge in [-0.25, -0.2) is 4.79 Å². The Morgan fingerprint density at radius 2 is 1.14 bits per heavy atom. The Kier molecular flexibility index (Phi) is 7.37. The lowest BCUT2D eigenvalue weighted by molar-refractivity contribution is -0.0139. The van der Waals surface area contributed by atoms with Crippen LogP contribution in [0.3, 0.4) is 0 Å². The van der Waals surface area contributed by atoms with E-state index in [0.717, 1.165) is 0 Å². The number of hydrogen-bond donors (Lipinski definition) is 0. The van der Waals surface area contributed by atoms with Gasteiger partial charge in [0.15, 0.2) is 12.2 Å². The second-order valence-corrected chi connectivity index (χ2v) is 7.03. The summed E-state index contributed by atoms with van der Waals surface area (Å²) < 4.78 is 10.6. The number of ether oxygens (including phenoxy) is 2. The van der Waals surface area contributed by atoms with Crippen molar-refractivity contribution in [2.24, 2.45) is 11.8 Å². The summed E-state index contributed by atoms with van der Waals surface area (Å²) in [6.07, 6.45) is 2.77. The Balaban J connectivity index is 2.12. The van der Waals surface area contributed by atoms with Gasteiger partial charge in [-0.3, -0.25) is 19.6 Å². The molecule has 0 saturated heterocycles. The third-order valence-electron chi connectivity index (χ3n) is 4.07. The molecular formula is C21H24N2O5. The zero-order valence-electron chi connectivity index (χ0n) is 16.4. The lowest BCUT2D eigenvalue weighted by Gasteiger charge is -2.23. The van der Waals surface area contributed by atoms with Crippen LogP contribution in [0.25, 0.3) is 0 Å². The predicted molar refractivity (Wildman–Crippen MR) is 102 cm³/mol. The molecule has 28 heavy (non-hydrogen) atoms. The van der Waals surface area contributed by atoms with E-state index >= 15 is 0 Å². The van der Waals surface area contributed by atoms with Crippen LogP contribution < -0.4 is 0 Å². The number of aromatic nitrogens is 2. The molecule has 0 N–H and O–H groups in total. The van der Waals surface area contributed by atoms with Gasteiger partial charge in [0, 0.05) is 35.9 Å². The maximum atomic E-state index is 12.6. The van der Waals surface area contributed by atoms with Crippen molar-refractivity contribution >= 4 is 17.7 Å². The van der Waals surface area contributed by atoms with Crippen LogP contribution >= 0.6 is 0 Å². The second-order valence-electron chi connectivity index (χ2n) is 7.03. The largest absolute Gasteiger partial charge is 0.509 e. The maximum absolute atomic E-state index is 12.6. The van der Waals surface area contributed by atoms with Gasteiger partial charge in [0.05, 0.1) is 0 Å². The first-order valence-electron chi connectivity index (χ1n) is 9.07. The molecule has 0 spiro atoms. The summed E-state index contributed by atoms with van der Waals surface area (Å²) in [7, 11) is 0. The fourth-order valence-electron chi connectivity index (χ4n) is 2.57. The second kappa shape index (κ2) is 9.73. The molecule has 0 aliphatic heterocycles. The van der Waals surface area contributed by atoms with Crippen LogP contribution in [0, 0.1) is 11.8 Å². The maximum Gasteiger partial charge on any atom is 0.509 e. The lowest BCUT2D eigenvalue weighted by Crippen LogP contribution is -2.37. The molecule has 7 heteroatoms. The molecule has 2 atom stereocenters. The Bertz CT molecular complexity index is 739. The summed E-state index contributed by atoms with van der Waals surface area (Å²) in [5, 5.41) is 0. The van der Waals surface area contributed by atoms with E-state index in [1.165, 1.54) is 12.4 Å². The number of pyridine rings is 2. The molecule has 0 amide bonds. The highest BCUT2D eigenvalue weighted by molar-refractivity contribution is 6.01. The summed E-state index contributed by atoms with van der Waals surface area (Å²) >= 11 is 0. The minimum atomic E-state index is -1.06. The average Bonchev–Trinajstić information content (AvgIpc) is 2.70. The number of carbonyl (C=O) groups excluding carboxylic acids is 3. The van der Waals surface area contributed by atoms with Crippen LogP contribution in [-0.4, -0.2) is 39.9 Å². The highest BCUT2D eigenvalue weighted by Gasteiger charge is 2.32. The summed E-state index contributed by atoms with van der Waals surface area (Å²) in [6, 6.07) is 6.46. The molecule has 0 aliphatic rings. The van der Waals surface area contributed by atoms with Crippen molar-refractivity contribution in [3.63, 3.8) is 0 Å². The molecular weight excluding hydrogens is 360 g/mol. The zero-order valence-corrected chi connectivity index (χ0v) is 16.4. The lowest BCUT2D eigenvalue weighted by atomic mass is 9.98. The van der Waals surface area contributed by atoms with Gasteiger partial charge < -0.3 is 9.47 Å². The molecule has 2 rings (SSSR count). The summed E-state index contributed by atoms with van der Waals surface area (Å²) in [5.41, 5.74) is 0.668. The van der Waals surface area contributed by atoms with Crippen LogP contribution in [0.1, 0.15) is 48.4 Å². The number of hydrogen-bond acceptors (Lipinski definition) is 7. The van der Waals surface area contributed by atoms with Gasteiger partial charge >= 0.3 is 6.16 Å². The highest BCUT2D eigenvalue weighted by atomic mass is 16.7. The fraction of sp³-hybridized carbons (Fsp3) is 0.381. The van der Waals surface area contributed by atoms with Crippen LogP contribution in [0.4, 0.5) is 4.79 Å². The molecule has 2 unspecified atom stereocenters. The SMILES string of the molecule is CC(C)C(OC(=O)OC(C(=O)c1cccnc1)C(C)C)C(=O)c1cccnc1. The van der Waals surface area contributed by atoms with Crippen molar-refractivity contribution in [3.8, 4) is 0 Å². The van der Waals surface area contributed by atoms with E-state index in [1.54, 1.807) is 64.4 Å². The molecule has 2 aromatic heterocycles. The first kappa shape index (κ1) is 21.2. The molecule has 0 fully saturated rings. The summed E-state index contributed by atoms with van der Waals surface area (Å²) in [6.45, 7) is 7.03. The first-order chi connectivity index (χ1) is 13.3. The average molecular weight is 384 g/mol. The molecule has 2 aromatic rings. The number of Topliss-reactive ketones (excluding diaryl/α,β-unsaturated/α-hetero) is 2. The van der Waals surface area contributed by atoms with Gasteiger partial charge in [-0.15, -0.1) is 0 Å². The van der Waals surface area contributed by atoms with E-state index in [1.807, 2.05) is 0 Å². The Morgan fingerprint density at radius 1 is 0.750 bits per heavy atom. The molecule has 0 bridgehead atoms. The van der Waals surface area contributed by atoms with E-state index in [9.17, 15) is 14.4 Å². The normalized spacial score (nSPS) is 13.1. The summed E-state index contributed by atoms with van der Waals surface area (Å²) in [5.74, 6) is -1.32. The summed E-state index contributed by atoms with van der Waals surface area (Å²) in [4.78, 5) is 45.5. The topological polar surface area (TPSA) is 95.5 Å². The molecule has 148 valence electrons. The van der Waals surface area contributed by atoms with Crippen molar-refractivity contribution in [2.75, 3.05) is 0 Å². The third kappa shape index (κ3) is 5.45. The fourth-order valence-corrected chi connectivity index (χ4v) is 2.57. The minimum absolute atomic E-state index is 0.285. The van der Waals surface area contributed by atoms with Gasteiger partial charge in [0.2, 0.25) is 11.6 Å². The Hall–Kier alpha value is -3.09. The van der Waals surface area contributed by atoms with Crippen LogP contribution in [-0.2, 0) is 9.47 Å². The van der Waals surface area contributed by atoms with E-state index in [4.69, 9.17) is 9.47 Å². The zero-order chi connectivity index (χ0) is 20.7. The van der Waals surface area contributed by atoms with Crippen molar-refractivity contribution in [3.05, 3.63) is 60.2 Å². The van der Waals surface area contributed by atoms with Crippen molar-refractivity contribution in [2.45, 2.75) is 39.9 Å². The number of rotatable bonds is 8. The van der Waals surface area contributed by atoms with E-state index in [-0.39, 0.29) is 23.4 Å². The highest BCUT2D eigenvalue weighted by Crippen LogP contribution is 2.18. The Morgan fingerprint density at radius 3 is 1.43 bits per heavy atom. The molecule has 0 saturated carbocycles. The quantitative estimate of drug-likeness (QED) is 0.505. The van der Waals surface area contributed by atoms with Gasteiger partial charge in [-0.2, -0.15) is 0 Å². The first-order valence-corrected chi connectivity index (χ1v) is 9.07. The minimum Gasteiger partial charge on any atom is -0.422 e. The third-order valence-corrected chi connectivity index (χ3v) is 4.07. The van der Waals surface area contributed by atoms with Crippen molar-refractivity contribution < 1.29 is 23.9 Å². The molecule has 7 nitrogen and oxygen atoms in total. The molecule has 0 aliphatic carbocycles.